The van der Waals surface area contributed by atoms with E-state index in [1.54, 1.807) is 18.2 Å². The van der Waals surface area contributed by atoms with Gasteiger partial charge in [0, 0.05) is 0 Å². The van der Waals surface area contributed by atoms with Crippen LogP contribution in [0.4, 0.5) is 5.69 Å². The summed E-state index contributed by atoms with van der Waals surface area (Å²) >= 11 is 0. The van der Waals surface area contributed by atoms with Gasteiger partial charge in [0.25, 0.3) is 0 Å². The molecule has 0 fully saturated rings. The van der Waals surface area contributed by atoms with E-state index >= 15 is 0 Å². The van der Waals surface area contributed by atoms with Crippen LogP contribution in [0.15, 0.2) is 48.5 Å². The van der Waals surface area contributed by atoms with Gasteiger partial charge in [0.1, 0.15) is 11.4 Å². The Balaban J connectivity index is 1.48. The van der Waals surface area contributed by atoms with Gasteiger partial charge in [-0.05, 0) is 48.7 Å². The van der Waals surface area contributed by atoms with Crippen molar-refractivity contribution in [1.82, 2.24) is 4.48 Å². The molecule has 0 aromatic heterocycles. The summed E-state index contributed by atoms with van der Waals surface area (Å²) in [6.07, 6.45) is 6.54. The van der Waals surface area contributed by atoms with Gasteiger partial charge in [0.05, 0.1) is 53.5 Å². The van der Waals surface area contributed by atoms with E-state index in [0.29, 0.717) is 30.9 Å². The molecule has 0 bridgehead atoms. The molecule has 0 N–H and O–H groups in total. The minimum Gasteiger partial charge on any atom is -0.494 e. The Morgan fingerprint density at radius 3 is 2.09 bits per heavy atom. The molecule has 2 rings (SSSR count). The number of hydrogen-bond donors (Lipinski definition) is 0. The van der Waals surface area contributed by atoms with E-state index in [0.717, 1.165) is 48.6 Å². The summed E-state index contributed by atoms with van der Waals surface area (Å²) in [4.78, 5) is 23.6. The summed E-state index contributed by atoms with van der Waals surface area (Å²) in [5, 5.41) is 0. The standard InChI is InChI=1S/C27H38NO5/c1-28(2,3)24-16-14-22(15-17-24)20-26(29)33-19-10-8-6-5-7-9-18-32-25-13-11-12-23(21-25)27(30)31-4/h11-17,21H,5-10,18-20H2,1-4H3/q+1. The van der Waals surface area contributed by atoms with Crippen molar-refractivity contribution >= 4 is 17.6 Å². The molecule has 0 aliphatic carbocycles. The van der Waals surface area contributed by atoms with Gasteiger partial charge >= 0.3 is 11.9 Å². The molecule has 0 unspecified atom stereocenters. The molecule has 2 aromatic carbocycles. The van der Waals surface area contributed by atoms with Crippen LogP contribution >= 0.6 is 0 Å². The normalized spacial score (nSPS) is 11.2. The van der Waals surface area contributed by atoms with Crippen molar-refractivity contribution in [3.05, 3.63) is 59.7 Å². The monoisotopic (exact) mass is 456 g/mol. The first-order valence-corrected chi connectivity index (χ1v) is 11.7. The maximum Gasteiger partial charge on any atom is 0.337 e. The number of quaternary nitrogens is 1. The molecule has 0 heterocycles. The SMILES string of the molecule is COC(=O)c1cccc(OCCCCCCCCOC(=O)Cc2ccc([N+](C)(C)C)cc2)c1. The summed E-state index contributed by atoms with van der Waals surface area (Å²) in [6, 6.07) is 15.2. The molecule has 0 spiro atoms. The molecule has 0 aliphatic heterocycles. The molecule has 0 aliphatic rings. The first-order valence-electron chi connectivity index (χ1n) is 11.7. The summed E-state index contributed by atoms with van der Waals surface area (Å²) < 4.78 is 16.6. The van der Waals surface area contributed by atoms with Gasteiger partial charge in [-0.3, -0.25) is 9.28 Å². The van der Waals surface area contributed by atoms with Crippen molar-refractivity contribution in [2.45, 2.75) is 44.9 Å². The maximum absolute atomic E-state index is 12.0. The molecule has 2 aromatic rings. The number of rotatable bonds is 14. The van der Waals surface area contributed by atoms with Crippen LogP contribution in [-0.4, -0.2) is 53.4 Å². The fraction of sp³-hybridized carbons (Fsp3) is 0.481. The van der Waals surface area contributed by atoms with E-state index in [1.807, 2.05) is 18.2 Å². The number of carbonyl (C=O) groups excluding carboxylic acids is 2. The molecule has 0 radical (unpaired) electrons. The Hall–Kier alpha value is -2.86. The van der Waals surface area contributed by atoms with Gasteiger partial charge in [0.15, 0.2) is 0 Å². The molecule has 6 nitrogen and oxygen atoms in total. The number of unbranched alkanes of at least 4 members (excludes halogenated alkanes) is 5. The van der Waals surface area contributed by atoms with E-state index < -0.39 is 0 Å². The van der Waals surface area contributed by atoms with Crippen molar-refractivity contribution in [1.29, 1.82) is 0 Å². The summed E-state index contributed by atoms with van der Waals surface area (Å²) in [5.41, 5.74) is 2.68. The number of carbonyl (C=O) groups is 2. The molecule has 0 amide bonds. The number of methoxy groups -OCH3 is 1. The van der Waals surface area contributed by atoms with E-state index in [4.69, 9.17) is 14.2 Å². The lowest BCUT2D eigenvalue weighted by Gasteiger charge is -2.23. The quantitative estimate of drug-likeness (QED) is 0.223. The Morgan fingerprint density at radius 2 is 1.45 bits per heavy atom. The number of hydrogen-bond acceptors (Lipinski definition) is 5. The van der Waals surface area contributed by atoms with Crippen LogP contribution in [0, 0.1) is 0 Å². The van der Waals surface area contributed by atoms with Crippen molar-refractivity contribution in [2.75, 3.05) is 41.5 Å². The first-order chi connectivity index (χ1) is 15.8. The Morgan fingerprint density at radius 1 is 0.818 bits per heavy atom. The maximum atomic E-state index is 12.0. The van der Waals surface area contributed by atoms with Crippen LogP contribution in [0.1, 0.15) is 54.4 Å². The molecule has 0 atom stereocenters. The molecular weight excluding hydrogens is 418 g/mol. The highest BCUT2D eigenvalue weighted by molar-refractivity contribution is 5.89. The largest absolute Gasteiger partial charge is 0.494 e. The summed E-state index contributed by atoms with van der Waals surface area (Å²) in [6.45, 7) is 1.10. The van der Waals surface area contributed by atoms with Crippen molar-refractivity contribution in [2.24, 2.45) is 0 Å². The molecule has 6 heteroatoms. The van der Waals surface area contributed by atoms with Gasteiger partial charge < -0.3 is 14.2 Å². The van der Waals surface area contributed by atoms with Gasteiger partial charge in [0.2, 0.25) is 0 Å². The lowest BCUT2D eigenvalue weighted by Crippen LogP contribution is -2.34. The smallest absolute Gasteiger partial charge is 0.337 e. The third-order valence-corrected chi connectivity index (χ3v) is 5.38. The lowest BCUT2D eigenvalue weighted by molar-refractivity contribution is -0.142. The first kappa shape index (κ1) is 26.4. The van der Waals surface area contributed by atoms with Crippen molar-refractivity contribution < 1.29 is 23.8 Å². The minimum atomic E-state index is -0.361. The van der Waals surface area contributed by atoms with Gasteiger partial charge in [-0.2, -0.15) is 0 Å². The van der Waals surface area contributed by atoms with E-state index in [9.17, 15) is 9.59 Å². The zero-order valence-electron chi connectivity index (χ0n) is 20.5. The minimum absolute atomic E-state index is 0.165. The summed E-state index contributed by atoms with van der Waals surface area (Å²) in [5.74, 6) is 0.158. The zero-order valence-corrected chi connectivity index (χ0v) is 20.5. The third kappa shape index (κ3) is 10.1. The van der Waals surface area contributed by atoms with E-state index in [1.165, 1.54) is 12.8 Å². The van der Waals surface area contributed by atoms with E-state index in [2.05, 4.69) is 33.3 Å². The number of ether oxygens (including phenoxy) is 3. The van der Waals surface area contributed by atoms with Crippen LogP contribution in [0.3, 0.4) is 0 Å². The van der Waals surface area contributed by atoms with Crippen molar-refractivity contribution in [3.63, 3.8) is 0 Å². The Labute approximate surface area is 198 Å². The average molecular weight is 457 g/mol. The Bertz CT molecular complexity index is 871. The Kier molecular flexibility index (Phi) is 10.9. The highest BCUT2D eigenvalue weighted by Gasteiger charge is 2.12. The van der Waals surface area contributed by atoms with Gasteiger partial charge in [-0.25, -0.2) is 4.79 Å². The van der Waals surface area contributed by atoms with Crippen LogP contribution in [-0.2, 0) is 20.7 Å². The van der Waals surface area contributed by atoms with Gasteiger partial charge in [-0.1, -0.05) is 43.9 Å². The van der Waals surface area contributed by atoms with Crippen molar-refractivity contribution in [3.8, 4) is 5.75 Å². The molecule has 0 saturated heterocycles. The average Bonchev–Trinajstić information content (AvgIpc) is 2.79. The van der Waals surface area contributed by atoms with E-state index in [-0.39, 0.29) is 11.9 Å². The zero-order chi connectivity index (χ0) is 24.1. The number of esters is 2. The number of nitrogens with zero attached hydrogens (tertiary/aromatic N) is 1. The van der Waals surface area contributed by atoms with Crippen LogP contribution in [0.5, 0.6) is 5.75 Å². The predicted octanol–water partition coefficient (Wildman–Crippen LogP) is 5.18. The third-order valence-electron chi connectivity index (χ3n) is 5.38. The van der Waals surface area contributed by atoms with Crippen LogP contribution < -0.4 is 9.22 Å². The molecular formula is C27H38NO5+. The molecule has 0 saturated carbocycles. The summed E-state index contributed by atoms with van der Waals surface area (Å²) in [7, 11) is 7.72. The predicted molar refractivity (Wildman–Crippen MR) is 132 cm³/mol. The topological polar surface area (TPSA) is 61.8 Å². The second-order valence-corrected chi connectivity index (χ2v) is 9.07. The fourth-order valence-electron chi connectivity index (χ4n) is 3.40. The fourth-order valence-corrected chi connectivity index (χ4v) is 3.40. The second-order valence-electron chi connectivity index (χ2n) is 9.07. The highest BCUT2D eigenvalue weighted by atomic mass is 16.5. The second kappa shape index (κ2) is 13.6. The lowest BCUT2D eigenvalue weighted by atomic mass is 10.1. The molecule has 180 valence electrons. The van der Waals surface area contributed by atoms with Crippen LogP contribution in [0.2, 0.25) is 0 Å². The molecule has 33 heavy (non-hydrogen) atoms. The van der Waals surface area contributed by atoms with Crippen LogP contribution in [0.25, 0.3) is 0 Å². The highest BCUT2D eigenvalue weighted by Crippen LogP contribution is 2.18. The van der Waals surface area contributed by atoms with Gasteiger partial charge in [-0.15, -0.1) is 0 Å². The number of benzene rings is 2.